The molecule has 0 saturated heterocycles. The minimum Gasteiger partial charge on any atom is -0.489 e. The number of benzene rings is 1. The van der Waals surface area contributed by atoms with Crippen molar-refractivity contribution < 1.29 is 4.74 Å². The van der Waals surface area contributed by atoms with Gasteiger partial charge in [0.25, 0.3) is 0 Å². The topological polar surface area (TPSA) is 33.0 Å². The maximum Gasteiger partial charge on any atom is 0.137 e. The molecule has 0 saturated carbocycles. The van der Waals surface area contributed by atoms with Crippen LogP contribution in [0.5, 0.6) is 5.75 Å². The minimum absolute atomic E-state index is 0.133. The predicted molar refractivity (Wildman–Crippen MR) is 68.4 cm³/mol. The van der Waals surface area contributed by atoms with Crippen molar-refractivity contribution in [3.8, 4) is 11.8 Å². The van der Waals surface area contributed by atoms with E-state index in [2.05, 4.69) is 35.8 Å². The Morgan fingerprint density at radius 1 is 1.38 bits per heavy atom. The van der Waals surface area contributed by atoms with Crippen LogP contribution in [0.15, 0.2) is 22.7 Å². The monoisotopic (exact) mass is 281 g/mol. The lowest BCUT2D eigenvalue weighted by Crippen LogP contribution is -2.15. The molecule has 0 aliphatic heterocycles. The first kappa shape index (κ1) is 13.1. The van der Waals surface area contributed by atoms with Gasteiger partial charge in [0.05, 0.1) is 11.7 Å². The Morgan fingerprint density at radius 3 is 2.62 bits per heavy atom. The van der Waals surface area contributed by atoms with Gasteiger partial charge < -0.3 is 4.74 Å². The number of nitriles is 1. The van der Waals surface area contributed by atoms with Crippen LogP contribution in [0.25, 0.3) is 0 Å². The van der Waals surface area contributed by atoms with Crippen molar-refractivity contribution in [3.05, 3.63) is 28.2 Å². The van der Waals surface area contributed by atoms with Gasteiger partial charge >= 0.3 is 0 Å². The fraction of sp³-hybridized carbons (Fsp3) is 0.462. The van der Waals surface area contributed by atoms with Crippen molar-refractivity contribution in [1.29, 1.82) is 5.26 Å². The van der Waals surface area contributed by atoms with E-state index in [1.807, 2.05) is 19.1 Å². The van der Waals surface area contributed by atoms with E-state index >= 15 is 0 Å². The molecule has 1 rings (SSSR count). The Labute approximate surface area is 105 Å². The van der Waals surface area contributed by atoms with Gasteiger partial charge in [-0.1, -0.05) is 29.8 Å². The highest BCUT2D eigenvalue weighted by atomic mass is 79.9. The molecule has 1 unspecified atom stereocenters. The molecule has 0 bridgehead atoms. The molecule has 1 atom stereocenters. The lowest BCUT2D eigenvalue weighted by Gasteiger charge is -2.17. The fourth-order valence-corrected chi connectivity index (χ4v) is 1.98. The van der Waals surface area contributed by atoms with Gasteiger partial charge in [-0.15, -0.1) is 0 Å². The number of hydrogen-bond donors (Lipinski definition) is 0. The molecule has 86 valence electrons. The molecule has 1 aromatic rings. The fourth-order valence-electron chi connectivity index (χ4n) is 1.62. The van der Waals surface area contributed by atoms with E-state index in [9.17, 15) is 0 Å². The van der Waals surface area contributed by atoms with Crippen molar-refractivity contribution in [2.75, 3.05) is 0 Å². The Hall–Kier alpha value is -1.01. The summed E-state index contributed by atoms with van der Waals surface area (Å²) in [6.45, 7) is 6.35. The third-order valence-electron chi connectivity index (χ3n) is 2.19. The summed E-state index contributed by atoms with van der Waals surface area (Å²) in [4.78, 5) is 0. The zero-order valence-electron chi connectivity index (χ0n) is 9.83. The zero-order chi connectivity index (χ0) is 12.1. The number of halogens is 1. The standard InChI is InChI=1S/C13H16BrNO/c1-9(2)6-10(3)16-13-5-4-12(14)7-11(13)8-15/h4-5,7,9-10H,6H2,1-3H3. The van der Waals surface area contributed by atoms with E-state index in [-0.39, 0.29) is 6.10 Å². The molecule has 0 aliphatic rings. The van der Waals surface area contributed by atoms with Gasteiger partial charge in [0.2, 0.25) is 0 Å². The molecule has 2 nitrogen and oxygen atoms in total. The van der Waals surface area contributed by atoms with Crippen LogP contribution >= 0.6 is 15.9 Å². The van der Waals surface area contributed by atoms with Crippen LogP contribution in [0.3, 0.4) is 0 Å². The number of ether oxygens (including phenoxy) is 1. The van der Waals surface area contributed by atoms with Crippen LogP contribution in [0.4, 0.5) is 0 Å². The van der Waals surface area contributed by atoms with Crippen molar-refractivity contribution in [3.63, 3.8) is 0 Å². The second-order valence-electron chi connectivity index (χ2n) is 4.31. The molecule has 0 spiro atoms. The van der Waals surface area contributed by atoms with Crippen LogP contribution in [-0.4, -0.2) is 6.10 Å². The van der Waals surface area contributed by atoms with Crippen molar-refractivity contribution >= 4 is 15.9 Å². The van der Waals surface area contributed by atoms with Gasteiger partial charge in [-0.25, -0.2) is 0 Å². The molecule has 0 aromatic heterocycles. The smallest absolute Gasteiger partial charge is 0.137 e. The molecular formula is C13H16BrNO. The Bertz CT molecular complexity index is 395. The van der Waals surface area contributed by atoms with Gasteiger partial charge in [-0.05, 0) is 37.5 Å². The molecule has 0 N–H and O–H groups in total. The summed E-state index contributed by atoms with van der Waals surface area (Å²) < 4.78 is 6.66. The molecule has 1 aromatic carbocycles. The number of nitrogens with zero attached hydrogens (tertiary/aromatic N) is 1. The summed E-state index contributed by atoms with van der Waals surface area (Å²) in [6.07, 6.45) is 1.12. The van der Waals surface area contributed by atoms with Gasteiger partial charge in [-0.3, -0.25) is 0 Å². The molecule has 0 aliphatic carbocycles. The first-order chi connectivity index (χ1) is 7.52. The molecule has 0 heterocycles. The summed E-state index contributed by atoms with van der Waals surface area (Å²) in [5.74, 6) is 1.26. The van der Waals surface area contributed by atoms with Gasteiger partial charge in [0.1, 0.15) is 11.8 Å². The van der Waals surface area contributed by atoms with E-state index in [1.54, 1.807) is 6.07 Å². The number of rotatable bonds is 4. The second kappa shape index (κ2) is 5.91. The maximum absolute atomic E-state index is 8.99. The Balaban J connectivity index is 2.77. The maximum atomic E-state index is 8.99. The second-order valence-corrected chi connectivity index (χ2v) is 5.23. The average molecular weight is 282 g/mol. The molecule has 0 amide bonds. The zero-order valence-corrected chi connectivity index (χ0v) is 11.4. The highest BCUT2D eigenvalue weighted by Gasteiger charge is 2.10. The highest BCUT2D eigenvalue weighted by Crippen LogP contribution is 2.24. The van der Waals surface area contributed by atoms with E-state index in [0.29, 0.717) is 17.2 Å². The lowest BCUT2D eigenvalue weighted by molar-refractivity contribution is 0.192. The molecular weight excluding hydrogens is 266 g/mol. The lowest BCUT2D eigenvalue weighted by atomic mass is 10.1. The summed E-state index contributed by atoms with van der Waals surface area (Å²) in [5, 5.41) is 8.99. The average Bonchev–Trinajstić information content (AvgIpc) is 2.19. The molecule has 0 radical (unpaired) electrons. The Morgan fingerprint density at radius 2 is 2.06 bits per heavy atom. The van der Waals surface area contributed by atoms with Crippen molar-refractivity contribution in [2.24, 2.45) is 5.92 Å². The van der Waals surface area contributed by atoms with E-state index in [0.717, 1.165) is 10.9 Å². The van der Waals surface area contributed by atoms with Crippen molar-refractivity contribution in [1.82, 2.24) is 0 Å². The van der Waals surface area contributed by atoms with Crippen LogP contribution < -0.4 is 4.74 Å². The predicted octanol–water partition coefficient (Wildman–Crippen LogP) is 4.13. The van der Waals surface area contributed by atoms with Crippen LogP contribution in [0.1, 0.15) is 32.8 Å². The third kappa shape index (κ3) is 3.86. The quantitative estimate of drug-likeness (QED) is 0.831. The summed E-state index contributed by atoms with van der Waals surface area (Å²) in [6, 6.07) is 7.64. The van der Waals surface area contributed by atoms with E-state index < -0.39 is 0 Å². The van der Waals surface area contributed by atoms with E-state index in [4.69, 9.17) is 10.00 Å². The molecule has 16 heavy (non-hydrogen) atoms. The Kier molecular flexibility index (Phi) is 4.82. The summed E-state index contributed by atoms with van der Waals surface area (Å²) in [5.41, 5.74) is 0.574. The van der Waals surface area contributed by atoms with Crippen molar-refractivity contribution in [2.45, 2.75) is 33.3 Å². The first-order valence-electron chi connectivity index (χ1n) is 5.39. The minimum atomic E-state index is 0.133. The SMILES string of the molecule is CC(C)CC(C)Oc1ccc(Br)cc1C#N. The molecule has 3 heteroatoms. The van der Waals surface area contributed by atoms with Gasteiger partial charge in [0.15, 0.2) is 0 Å². The highest BCUT2D eigenvalue weighted by molar-refractivity contribution is 9.10. The summed E-state index contributed by atoms with van der Waals surface area (Å²) >= 11 is 3.34. The van der Waals surface area contributed by atoms with E-state index in [1.165, 1.54) is 0 Å². The normalized spacial score (nSPS) is 12.2. The van der Waals surface area contributed by atoms with Crippen LogP contribution in [-0.2, 0) is 0 Å². The summed E-state index contributed by atoms with van der Waals surface area (Å²) in [7, 11) is 0. The van der Waals surface area contributed by atoms with Crippen LogP contribution in [0, 0.1) is 17.2 Å². The largest absolute Gasteiger partial charge is 0.489 e. The van der Waals surface area contributed by atoms with Gasteiger partial charge in [0, 0.05) is 4.47 Å². The number of hydrogen-bond acceptors (Lipinski definition) is 2. The molecule has 0 fully saturated rings. The first-order valence-corrected chi connectivity index (χ1v) is 6.18. The van der Waals surface area contributed by atoms with Gasteiger partial charge in [-0.2, -0.15) is 5.26 Å². The third-order valence-corrected chi connectivity index (χ3v) is 2.69. The van der Waals surface area contributed by atoms with Crippen LogP contribution in [0.2, 0.25) is 0 Å².